The average molecular weight is 271 g/mol. The Morgan fingerprint density at radius 3 is 2.30 bits per heavy atom. The highest BCUT2D eigenvalue weighted by Crippen LogP contribution is 2.23. The molecule has 0 saturated heterocycles. The molecule has 1 aromatic carbocycles. The van der Waals surface area contributed by atoms with Crippen LogP contribution in [0.25, 0.3) is 0 Å². The minimum atomic E-state index is -0.149. The molecule has 20 heavy (non-hydrogen) atoms. The summed E-state index contributed by atoms with van der Waals surface area (Å²) in [5, 5.41) is 0. The number of hydrogen-bond acceptors (Lipinski definition) is 2. The molecule has 1 aliphatic heterocycles. The van der Waals surface area contributed by atoms with Gasteiger partial charge in [-0.25, -0.2) is 0 Å². The van der Waals surface area contributed by atoms with Crippen molar-refractivity contribution in [3.8, 4) is 0 Å². The van der Waals surface area contributed by atoms with Crippen molar-refractivity contribution in [2.75, 3.05) is 6.54 Å². The van der Waals surface area contributed by atoms with E-state index in [1.165, 1.54) is 4.90 Å². The molecule has 0 N–H and O–H groups in total. The van der Waals surface area contributed by atoms with Gasteiger partial charge in [-0.1, -0.05) is 25.1 Å². The summed E-state index contributed by atoms with van der Waals surface area (Å²) in [6, 6.07) is 7.04. The number of carbonyl (C=O) groups is 2. The smallest absolute Gasteiger partial charge is 0.261 e. The van der Waals surface area contributed by atoms with Crippen molar-refractivity contribution in [1.29, 1.82) is 0 Å². The molecule has 1 heterocycles. The van der Waals surface area contributed by atoms with Gasteiger partial charge in [0, 0.05) is 6.54 Å². The van der Waals surface area contributed by atoms with Gasteiger partial charge in [0.15, 0.2) is 0 Å². The minimum Gasteiger partial charge on any atom is -0.274 e. The molecule has 2 amide bonds. The van der Waals surface area contributed by atoms with Crippen LogP contribution < -0.4 is 0 Å². The van der Waals surface area contributed by atoms with Crippen molar-refractivity contribution in [2.45, 2.75) is 32.6 Å². The molecule has 1 aromatic rings. The van der Waals surface area contributed by atoms with Crippen LogP contribution in [0.3, 0.4) is 0 Å². The van der Waals surface area contributed by atoms with Gasteiger partial charge < -0.3 is 0 Å². The second-order valence-electron chi connectivity index (χ2n) is 5.42. The summed E-state index contributed by atoms with van der Waals surface area (Å²) >= 11 is 0. The van der Waals surface area contributed by atoms with E-state index < -0.39 is 0 Å². The first kappa shape index (κ1) is 14.5. The predicted octanol–water partition coefficient (Wildman–Crippen LogP) is 3.67. The lowest BCUT2D eigenvalue weighted by atomic mass is 10.00. The van der Waals surface area contributed by atoms with Gasteiger partial charge in [-0.15, -0.1) is 6.58 Å². The van der Waals surface area contributed by atoms with Crippen LogP contribution in [-0.2, 0) is 0 Å². The quantitative estimate of drug-likeness (QED) is 0.560. The summed E-state index contributed by atoms with van der Waals surface area (Å²) in [6.45, 7) is 6.44. The Morgan fingerprint density at radius 2 is 1.75 bits per heavy atom. The topological polar surface area (TPSA) is 37.4 Å². The highest BCUT2D eigenvalue weighted by molar-refractivity contribution is 6.21. The molecule has 0 unspecified atom stereocenters. The van der Waals surface area contributed by atoms with E-state index in [4.69, 9.17) is 0 Å². The zero-order chi connectivity index (χ0) is 14.5. The Labute approximate surface area is 120 Å². The lowest BCUT2D eigenvalue weighted by molar-refractivity contribution is 0.0650. The summed E-state index contributed by atoms with van der Waals surface area (Å²) in [5.74, 6) is 0.303. The van der Waals surface area contributed by atoms with Crippen LogP contribution in [0.1, 0.15) is 53.3 Å². The highest BCUT2D eigenvalue weighted by atomic mass is 16.2. The largest absolute Gasteiger partial charge is 0.274 e. The lowest BCUT2D eigenvalue weighted by Gasteiger charge is -2.15. The monoisotopic (exact) mass is 271 g/mol. The van der Waals surface area contributed by atoms with E-state index in [0.29, 0.717) is 23.6 Å². The molecule has 3 heteroatoms. The number of amides is 2. The van der Waals surface area contributed by atoms with E-state index in [1.807, 2.05) is 6.08 Å². The second kappa shape index (κ2) is 6.51. The van der Waals surface area contributed by atoms with Crippen LogP contribution in [-0.4, -0.2) is 23.3 Å². The summed E-state index contributed by atoms with van der Waals surface area (Å²) in [4.78, 5) is 25.7. The van der Waals surface area contributed by atoms with Crippen LogP contribution in [0.4, 0.5) is 0 Å². The molecule has 0 fully saturated rings. The third-order valence-corrected chi connectivity index (χ3v) is 3.82. The summed E-state index contributed by atoms with van der Waals surface area (Å²) in [6.07, 6.45) is 5.96. The third-order valence-electron chi connectivity index (χ3n) is 3.82. The van der Waals surface area contributed by atoms with Crippen molar-refractivity contribution in [3.63, 3.8) is 0 Å². The summed E-state index contributed by atoms with van der Waals surface area (Å²) in [7, 11) is 0. The van der Waals surface area contributed by atoms with Crippen molar-refractivity contribution in [2.24, 2.45) is 5.92 Å². The van der Waals surface area contributed by atoms with E-state index in [9.17, 15) is 9.59 Å². The van der Waals surface area contributed by atoms with E-state index in [-0.39, 0.29) is 11.8 Å². The zero-order valence-corrected chi connectivity index (χ0v) is 12.0. The van der Waals surface area contributed by atoms with Crippen molar-refractivity contribution in [1.82, 2.24) is 4.90 Å². The number of rotatable bonds is 7. The molecule has 0 aliphatic carbocycles. The number of allylic oxidation sites excluding steroid dienone is 1. The van der Waals surface area contributed by atoms with Crippen LogP contribution in [0.15, 0.2) is 36.9 Å². The SMILES string of the molecule is C=CCC[C@@H](C)CCCN1C(=O)c2ccccc2C1=O. The van der Waals surface area contributed by atoms with Gasteiger partial charge in [0.05, 0.1) is 11.1 Å². The first-order chi connectivity index (χ1) is 9.65. The van der Waals surface area contributed by atoms with Crippen molar-refractivity contribution >= 4 is 11.8 Å². The fraction of sp³-hybridized carbons (Fsp3) is 0.412. The standard InChI is InChI=1S/C17H21NO2/c1-3-4-8-13(2)9-7-12-18-16(19)14-10-5-6-11-15(14)17(18)20/h3,5-6,10-11,13H,1,4,7-9,12H2,2H3/t13-/m1/s1. The summed E-state index contributed by atoms with van der Waals surface area (Å²) in [5.41, 5.74) is 1.08. The number of imide groups is 1. The van der Waals surface area contributed by atoms with Crippen LogP contribution in [0, 0.1) is 5.92 Å². The Kier molecular flexibility index (Phi) is 4.72. The second-order valence-corrected chi connectivity index (χ2v) is 5.42. The normalized spacial score (nSPS) is 15.3. The fourth-order valence-electron chi connectivity index (χ4n) is 2.59. The Morgan fingerprint density at radius 1 is 1.15 bits per heavy atom. The first-order valence-corrected chi connectivity index (χ1v) is 7.21. The molecule has 0 aromatic heterocycles. The van der Waals surface area contributed by atoms with Crippen LogP contribution >= 0.6 is 0 Å². The molecule has 106 valence electrons. The molecular weight excluding hydrogens is 250 g/mol. The maximum Gasteiger partial charge on any atom is 0.261 e. The van der Waals surface area contributed by atoms with Crippen molar-refractivity contribution in [3.05, 3.63) is 48.0 Å². The molecule has 2 rings (SSSR count). The minimum absolute atomic E-state index is 0.149. The van der Waals surface area contributed by atoms with E-state index in [0.717, 1.165) is 25.7 Å². The number of hydrogen-bond donors (Lipinski definition) is 0. The summed E-state index contributed by atoms with van der Waals surface area (Å²) < 4.78 is 0. The van der Waals surface area contributed by atoms with Gasteiger partial charge in [0.1, 0.15) is 0 Å². The third kappa shape index (κ3) is 2.98. The van der Waals surface area contributed by atoms with E-state index in [2.05, 4.69) is 13.5 Å². The van der Waals surface area contributed by atoms with Gasteiger partial charge in [-0.3, -0.25) is 14.5 Å². The Hall–Kier alpha value is -1.90. The van der Waals surface area contributed by atoms with Gasteiger partial charge >= 0.3 is 0 Å². The molecule has 0 spiro atoms. The number of benzene rings is 1. The average Bonchev–Trinajstić information content (AvgIpc) is 2.70. The Bertz CT molecular complexity index is 486. The first-order valence-electron chi connectivity index (χ1n) is 7.21. The predicted molar refractivity (Wildman–Crippen MR) is 79.6 cm³/mol. The van der Waals surface area contributed by atoms with E-state index in [1.54, 1.807) is 24.3 Å². The van der Waals surface area contributed by atoms with Gasteiger partial charge in [-0.2, -0.15) is 0 Å². The van der Waals surface area contributed by atoms with Gasteiger partial charge in [-0.05, 0) is 43.7 Å². The number of nitrogens with zero attached hydrogens (tertiary/aromatic N) is 1. The molecule has 1 aliphatic rings. The number of fused-ring (bicyclic) bond motifs is 1. The van der Waals surface area contributed by atoms with Crippen molar-refractivity contribution < 1.29 is 9.59 Å². The maximum atomic E-state index is 12.1. The van der Waals surface area contributed by atoms with Crippen LogP contribution in [0.5, 0.6) is 0 Å². The highest BCUT2D eigenvalue weighted by Gasteiger charge is 2.34. The van der Waals surface area contributed by atoms with Crippen LogP contribution in [0.2, 0.25) is 0 Å². The molecule has 3 nitrogen and oxygen atoms in total. The molecular formula is C17H21NO2. The van der Waals surface area contributed by atoms with Gasteiger partial charge in [0.2, 0.25) is 0 Å². The molecule has 0 radical (unpaired) electrons. The molecule has 1 atom stereocenters. The van der Waals surface area contributed by atoms with E-state index >= 15 is 0 Å². The van der Waals surface area contributed by atoms with Gasteiger partial charge in [0.25, 0.3) is 11.8 Å². The lowest BCUT2D eigenvalue weighted by Crippen LogP contribution is -2.30. The fourth-order valence-corrected chi connectivity index (χ4v) is 2.59. The molecule has 0 saturated carbocycles. The number of carbonyl (C=O) groups excluding carboxylic acids is 2. The maximum absolute atomic E-state index is 12.1. The zero-order valence-electron chi connectivity index (χ0n) is 12.0. The molecule has 0 bridgehead atoms. The Balaban J connectivity index is 1.88.